The summed E-state index contributed by atoms with van der Waals surface area (Å²) in [4.78, 5) is 16.3. The molecule has 7 aliphatic rings. The van der Waals surface area contributed by atoms with E-state index in [0.29, 0.717) is 0 Å². The van der Waals surface area contributed by atoms with Gasteiger partial charge in [0.25, 0.3) is 0 Å². The van der Waals surface area contributed by atoms with Crippen LogP contribution < -0.4 is 4.74 Å². The first-order chi connectivity index (χ1) is 29.6. The third-order valence-corrected chi connectivity index (χ3v) is 15.0. The maximum atomic E-state index is 6.57. The number of rotatable bonds is 5. The van der Waals surface area contributed by atoms with Crippen molar-refractivity contribution in [2.45, 2.75) is 62.2 Å². The maximum absolute atomic E-state index is 6.57. The smallest absolute Gasteiger partial charge is 0.163 e. The Kier molecular flexibility index (Phi) is 7.50. The normalized spacial score (nSPS) is 23.5. The highest BCUT2D eigenvalue weighted by atomic mass is 16.5. The molecule has 4 fully saturated rings. The van der Waals surface area contributed by atoms with E-state index in [1.54, 1.807) is 0 Å². The Morgan fingerprint density at radius 2 is 1.08 bits per heavy atom. The minimum atomic E-state index is -0.477. The van der Waals surface area contributed by atoms with E-state index in [1.807, 2.05) is 0 Å². The summed E-state index contributed by atoms with van der Waals surface area (Å²) in [6.07, 6.45) is 14.5. The van der Waals surface area contributed by atoms with Gasteiger partial charge in [-0.1, -0.05) is 127 Å². The van der Waals surface area contributed by atoms with Crippen LogP contribution in [-0.2, 0) is 10.8 Å². The first-order valence-corrected chi connectivity index (χ1v) is 22.1. The van der Waals surface area contributed by atoms with Crippen LogP contribution in [0.5, 0.6) is 11.5 Å². The lowest BCUT2D eigenvalue weighted by molar-refractivity contribution is -0.00947. The van der Waals surface area contributed by atoms with E-state index in [2.05, 4.69) is 158 Å². The third-order valence-electron chi connectivity index (χ3n) is 15.0. The molecule has 60 heavy (non-hydrogen) atoms. The van der Waals surface area contributed by atoms with Crippen LogP contribution in [0.2, 0.25) is 0 Å². The fourth-order valence-corrected chi connectivity index (χ4v) is 12.9. The van der Waals surface area contributed by atoms with Crippen molar-refractivity contribution in [2.75, 3.05) is 0 Å². The van der Waals surface area contributed by atoms with E-state index in [1.165, 1.54) is 88.6 Å². The number of hydrogen-bond acceptors (Lipinski definition) is 4. The molecule has 6 aliphatic carbocycles. The van der Waals surface area contributed by atoms with Crippen LogP contribution in [0.25, 0.3) is 44.8 Å². The molecule has 6 aromatic carbocycles. The Morgan fingerprint density at radius 3 is 1.83 bits per heavy atom. The van der Waals surface area contributed by atoms with Crippen LogP contribution in [0.1, 0.15) is 90.8 Å². The molecule has 1 aromatic heterocycles. The SMILES string of the molecule is C1=C(c2ccccc2)CCC=C1c1nc(-c2cccc(-c3ccc4c(c3)-c3ccccc3C43c4ccccc4Oc4ccccc43)c2)nc(C23CC4CC(CC(C4)C2)C3)n1. The van der Waals surface area contributed by atoms with Gasteiger partial charge in [0.05, 0.1) is 5.41 Å². The lowest BCUT2D eigenvalue weighted by atomic mass is 9.49. The van der Waals surface area contributed by atoms with Gasteiger partial charge in [0.15, 0.2) is 11.6 Å². The number of aromatic nitrogens is 3. The number of para-hydroxylation sites is 2. The fourth-order valence-electron chi connectivity index (χ4n) is 12.9. The van der Waals surface area contributed by atoms with Gasteiger partial charge in [-0.05, 0) is 144 Å². The van der Waals surface area contributed by atoms with Crippen molar-refractivity contribution in [3.8, 4) is 45.1 Å². The quantitative estimate of drug-likeness (QED) is 0.175. The number of benzene rings is 6. The van der Waals surface area contributed by atoms with Crippen LogP contribution in [0.15, 0.2) is 158 Å². The van der Waals surface area contributed by atoms with Gasteiger partial charge in [-0.25, -0.2) is 15.0 Å². The van der Waals surface area contributed by atoms with Crippen LogP contribution >= 0.6 is 0 Å². The summed E-state index contributed by atoms with van der Waals surface area (Å²) in [7, 11) is 0. The number of hydrogen-bond donors (Lipinski definition) is 0. The summed E-state index contributed by atoms with van der Waals surface area (Å²) in [5.41, 5.74) is 14.2. The van der Waals surface area contributed by atoms with E-state index in [4.69, 9.17) is 19.7 Å². The summed E-state index contributed by atoms with van der Waals surface area (Å²) in [5.74, 6) is 6.86. The van der Waals surface area contributed by atoms with E-state index in [9.17, 15) is 0 Å². The average molecular weight is 776 g/mol. The molecule has 7 aromatic rings. The second-order valence-corrected chi connectivity index (χ2v) is 18.5. The monoisotopic (exact) mass is 775 g/mol. The molecule has 4 nitrogen and oxygen atoms in total. The van der Waals surface area contributed by atoms with E-state index in [-0.39, 0.29) is 5.41 Å². The predicted octanol–water partition coefficient (Wildman–Crippen LogP) is 13.4. The minimum Gasteiger partial charge on any atom is -0.457 e. The Balaban J connectivity index is 0.945. The van der Waals surface area contributed by atoms with Crippen molar-refractivity contribution >= 4 is 11.1 Å². The fraction of sp³-hybridized carbons (Fsp3) is 0.232. The highest BCUT2D eigenvalue weighted by Crippen LogP contribution is 2.63. The molecule has 0 atom stereocenters. The van der Waals surface area contributed by atoms with Crippen LogP contribution in [-0.4, -0.2) is 15.0 Å². The predicted molar refractivity (Wildman–Crippen MR) is 240 cm³/mol. The van der Waals surface area contributed by atoms with Gasteiger partial charge in [-0.3, -0.25) is 0 Å². The standard InChI is InChI=1S/C56H45N3O/c1-2-12-38(13-3-1)39-14-10-16-42(29-39)52-57-53(59-54(58-52)55-32-35-26-36(33-55)28-37(27-35)34-55)43-17-11-15-40(30-43)41-24-25-47-45(31-41)44-18-4-5-19-46(44)56(47)48-20-6-8-22-50(48)60-51-23-9-7-21-49(51)56/h1-9,11-13,15-25,29-31,35-37H,10,14,26-28,32-34H2. The molecule has 1 spiro atoms. The summed E-state index contributed by atoms with van der Waals surface area (Å²) < 4.78 is 6.57. The largest absolute Gasteiger partial charge is 0.457 e. The molecule has 0 unspecified atom stereocenters. The lowest BCUT2D eigenvalue weighted by Gasteiger charge is -2.56. The molecule has 4 saturated carbocycles. The Bertz CT molecular complexity index is 2880. The number of allylic oxidation sites excluding steroid dienone is 4. The maximum Gasteiger partial charge on any atom is 0.163 e. The molecule has 0 radical (unpaired) electrons. The van der Waals surface area contributed by atoms with Crippen molar-refractivity contribution in [3.63, 3.8) is 0 Å². The molecule has 290 valence electrons. The second-order valence-electron chi connectivity index (χ2n) is 18.5. The zero-order valence-corrected chi connectivity index (χ0v) is 33.6. The number of fused-ring (bicyclic) bond motifs is 9. The summed E-state index contributed by atoms with van der Waals surface area (Å²) in [6.45, 7) is 0. The lowest BCUT2D eigenvalue weighted by Crippen LogP contribution is -2.49. The van der Waals surface area contributed by atoms with Crippen molar-refractivity contribution in [3.05, 3.63) is 197 Å². The van der Waals surface area contributed by atoms with Gasteiger partial charge in [-0.15, -0.1) is 0 Å². The molecule has 14 rings (SSSR count). The minimum absolute atomic E-state index is 0.0464. The van der Waals surface area contributed by atoms with E-state index >= 15 is 0 Å². The first kappa shape index (κ1) is 34.5. The van der Waals surface area contributed by atoms with E-state index < -0.39 is 5.41 Å². The zero-order chi connectivity index (χ0) is 39.4. The van der Waals surface area contributed by atoms with Crippen LogP contribution in [0.3, 0.4) is 0 Å². The molecular weight excluding hydrogens is 731 g/mol. The Morgan fingerprint density at radius 1 is 0.483 bits per heavy atom. The Hall–Kier alpha value is -6.39. The van der Waals surface area contributed by atoms with E-state index in [0.717, 1.165) is 76.3 Å². The van der Waals surface area contributed by atoms with Gasteiger partial charge in [0.2, 0.25) is 0 Å². The zero-order valence-electron chi connectivity index (χ0n) is 33.6. The van der Waals surface area contributed by atoms with Crippen LogP contribution in [0, 0.1) is 17.8 Å². The number of nitrogens with zero attached hydrogens (tertiary/aromatic N) is 3. The summed E-state index contributed by atoms with van der Waals surface area (Å²) >= 11 is 0. The molecule has 0 N–H and O–H groups in total. The van der Waals surface area contributed by atoms with Gasteiger partial charge >= 0.3 is 0 Å². The molecule has 2 heterocycles. The highest BCUT2D eigenvalue weighted by molar-refractivity contribution is 5.91. The first-order valence-electron chi connectivity index (χ1n) is 22.1. The third kappa shape index (κ3) is 5.12. The van der Waals surface area contributed by atoms with Crippen molar-refractivity contribution in [1.82, 2.24) is 15.0 Å². The Labute approximate surface area is 351 Å². The molecule has 1 aliphatic heterocycles. The summed E-state index contributed by atoms with van der Waals surface area (Å²) in [6, 6.07) is 52.9. The van der Waals surface area contributed by atoms with Crippen molar-refractivity contribution < 1.29 is 4.74 Å². The van der Waals surface area contributed by atoms with Gasteiger partial charge in [-0.2, -0.15) is 0 Å². The average Bonchev–Trinajstić information content (AvgIpc) is 3.59. The van der Waals surface area contributed by atoms with Gasteiger partial charge in [0.1, 0.15) is 17.3 Å². The molecular formula is C56H45N3O. The van der Waals surface area contributed by atoms with Crippen molar-refractivity contribution in [1.29, 1.82) is 0 Å². The molecule has 0 amide bonds. The van der Waals surface area contributed by atoms with Gasteiger partial charge in [0, 0.05) is 27.7 Å². The second kappa shape index (κ2) is 13.1. The topological polar surface area (TPSA) is 47.9 Å². The van der Waals surface area contributed by atoms with Gasteiger partial charge < -0.3 is 4.74 Å². The van der Waals surface area contributed by atoms with Crippen LogP contribution in [0.4, 0.5) is 0 Å². The van der Waals surface area contributed by atoms with Crippen molar-refractivity contribution in [2.24, 2.45) is 17.8 Å². The highest BCUT2D eigenvalue weighted by Gasteiger charge is 2.54. The number of ether oxygens (including phenoxy) is 1. The molecule has 0 saturated heterocycles. The molecule has 4 heteroatoms. The summed E-state index contributed by atoms with van der Waals surface area (Å²) in [5, 5.41) is 0. The molecule has 4 bridgehead atoms.